The van der Waals surface area contributed by atoms with Crippen LogP contribution in [0.25, 0.3) is 0 Å². The zero-order valence-corrected chi connectivity index (χ0v) is 16.1. The summed E-state index contributed by atoms with van der Waals surface area (Å²) in [5, 5.41) is 2.12. The Bertz CT molecular complexity index is 940. The van der Waals surface area contributed by atoms with E-state index in [0.29, 0.717) is 18.6 Å². The number of alkyl halides is 6. The molecule has 1 amide bonds. The third kappa shape index (κ3) is 6.63. The number of rotatable bonds is 7. The first kappa shape index (κ1) is 24.0. The van der Waals surface area contributed by atoms with Crippen molar-refractivity contribution in [1.29, 1.82) is 0 Å². The van der Waals surface area contributed by atoms with Gasteiger partial charge in [0.25, 0.3) is 5.91 Å². The molecular weight excluding hydrogens is 432 g/mol. The summed E-state index contributed by atoms with van der Waals surface area (Å²) < 4.78 is 87.7. The second-order valence-corrected chi connectivity index (χ2v) is 6.22. The Kier molecular flexibility index (Phi) is 7.53. The number of hydrogen-bond donors (Lipinski definition) is 1. The van der Waals surface area contributed by atoms with Crippen molar-refractivity contribution in [2.45, 2.75) is 25.7 Å². The molecule has 11 heteroatoms. The van der Waals surface area contributed by atoms with Crippen LogP contribution in [0, 0.1) is 0 Å². The largest absolute Gasteiger partial charge is 0.491 e. The molecule has 0 saturated heterocycles. The normalized spacial score (nSPS) is 11.7. The molecule has 0 atom stereocenters. The molecule has 5 nitrogen and oxygen atoms in total. The fourth-order valence-electron chi connectivity index (χ4n) is 2.45. The molecule has 0 unspecified atom stereocenters. The maximum atomic E-state index is 13.0. The summed E-state index contributed by atoms with van der Waals surface area (Å²) in [5.74, 6) is -2.51. The Balaban J connectivity index is 2.13. The van der Waals surface area contributed by atoms with Crippen LogP contribution in [-0.4, -0.2) is 25.1 Å². The predicted molar refractivity (Wildman–Crippen MR) is 97.6 cm³/mol. The molecule has 168 valence electrons. The highest BCUT2D eigenvalue weighted by molar-refractivity contribution is 5.97. The molecule has 0 bridgehead atoms. The van der Waals surface area contributed by atoms with E-state index in [2.05, 4.69) is 10.1 Å². The molecule has 0 aliphatic carbocycles. The van der Waals surface area contributed by atoms with Crippen molar-refractivity contribution in [2.75, 3.05) is 18.5 Å². The summed E-state index contributed by atoms with van der Waals surface area (Å²) >= 11 is 0. The molecule has 0 aromatic heterocycles. The molecular formula is C20H17F6NO4. The molecule has 0 radical (unpaired) electrons. The topological polar surface area (TPSA) is 64.6 Å². The number of ether oxygens (including phenoxy) is 2. The van der Waals surface area contributed by atoms with Crippen molar-refractivity contribution in [3.05, 3.63) is 59.2 Å². The third-order valence-corrected chi connectivity index (χ3v) is 3.83. The van der Waals surface area contributed by atoms with Crippen LogP contribution in [-0.2, 0) is 21.9 Å². The van der Waals surface area contributed by atoms with Crippen LogP contribution >= 0.6 is 0 Å². The standard InChI is InChI=1S/C20H17F6NO4/c1-2-9-30-16-8-7-12(19(21,22)23)10-15(16)27-17(28)11-31-18(29)13-5-3-4-6-14(13)20(24,25)26/h3-8,10H,2,9,11H2,1H3,(H,27,28). The number of carbonyl (C=O) groups is 2. The van der Waals surface area contributed by atoms with Gasteiger partial charge in [-0.2, -0.15) is 26.3 Å². The van der Waals surface area contributed by atoms with Crippen LogP contribution in [0.15, 0.2) is 42.5 Å². The van der Waals surface area contributed by atoms with Gasteiger partial charge in [0.1, 0.15) is 5.75 Å². The molecule has 2 rings (SSSR count). The summed E-state index contributed by atoms with van der Waals surface area (Å²) in [4.78, 5) is 24.1. The van der Waals surface area contributed by atoms with E-state index in [1.165, 1.54) is 6.07 Å². The van der Waals surface area contributed by atoms with Gasteiger partial charge in [0.15, 0.2) is 6.61 Å². The van der Waals surface area contributed by atoms with Gasteiger partial charge in [-0.15, -0.1) is 0 Å². The first-order valence-corrected chi connectivity index (χ1v) is 8.90. The van der Waals surface area contributed by atoms with E-state index in [4.69, 9.17) is 4.74 Å². The number of hydrogen-bond acceptors (Lipinski definition) is 4. The minimum Gasteiger partial charge on any atom is -0.491 e. The number of carbonyl (C=O) groups excluding carboxylic acids is 2. The van der Waals surface area contributed by atoms with Gasteiger partial charge in [-0.1, -0.05) is 19.1 Å². The molecule has 31 heavy (non-hydrogen) atoms. The first-order valence-electron chi connectivity index (χ1n) is 8.90. The van der Waals surface area contributed by atoms with Crippen molar-refractivity contribution in [2.24, 2.45) is 0 Å². The van der Waals surface area contributed by atoms with Gasteiger partial charge in [-0.05, 0) is 36.8 Å². The van der Waals surface area contributed by atoms with E-state index in [9.17, 15) is 35.9 Å². The van der Waals surface area contributed by atoms with Gasteiger partial charge in [0.05, 0.1) is 29.0 Å². The summed E-state index contributed by atoms with van der Waals surface area (Å²) in [5.41, 5.74) is -3.41. The van der Waals surface area contributed by atoms with Crippen LogP contribution < -0.4 is 10.1 Å². The predicted octanol–water partition coefficient (Wildman–Crippen LogP) is 5.31. The number of halogens is 6. The van der Waals surface area contributed by atoms with Crippen molar-refractivity contribution < 1.29 is 45.4 Å². The molecule has 0 spiro atoms. The first-order chi connectivity index (χ1) is 14.4. The highest BCUT2D eigenvalue weighted by Gasteiger charge is 2.35. The quantitative estimate of drug-likeness (QED) is 0.460. The fourth-order valence-corrected chi connectivity index (χ4v) is 2.45. The number of amides is 1. The molecule has 0 aliphatic heterocycles. The fraction of sp³-hybridized carbons (Fsp3) is 0.300. The molecule has 1 N–H and O–H groups in total. The van der Waals surface area contributed by atoms with Crippen molar-refractivity contribution in [1.82, 2.24) is 0 Å². The number of anilines is 1. The Morgan fingerprint density at radius 2 is 1.65 bits per heavy atom. The monoisotopic (exact) mass is 449 g/mol. The van der Waals surface area contributed by atoms with Gasteiger partial charge in [-0.25, -0.2) is 4.79 Å². The van der Waals surface area contributed by atoms with E-state index in [1.54, 1.807) is 6.92 Å². The lowest BCUT2D eigenvalue weighted by molar-refractivity contribution is -0.138. The van der Waals surface area contributed by atoms with Gasteiger partial charge in [-0.3, -0.25) is 4.79 Å². The van der Waals surface area contributed by atoms with E-state index < -0.39 is 47.5 Å². The van der Waals surface area contributed by atoms with Gasteiger partial charge in [0.2, 0.25) is 0 Å². The second kappa shape index (κ2) is 9.71. The van der Waals surface area contributed by atoms with Crippen LogP contribution in [0.1, 0.15) is 34.8 Å². The number of esters is 1. The lowest BCUT2D eigenvalue weighted by Gasteiger charge is -2.15. The summed E-state index contributed by atoms with van der Waals surface area (Å²) in [6, 6.07) is 6.27. The zero-order chi connectivity index (χ0) is 23.2. The Morgan fingerprint density at radius 3 is 2.26 bits per heavy atom. The van der Waals surface area contributed by atoms with E-state index in [-0.39, 0.29) is 18.0 Å². The second-order valence-electron chi connectivity index (χ2n) is 6.22. The zero-order valence-electron chi connectivity index (χ0n) is 16.1. The molecule has 0 saturated carbocycles. The molecule has 2 aromatic carbocycles. The average molecular weight is 449 g/mol. The van der Waals surface area contributed by atoms with Crippen LogP contribution in [0.3, 0.4) is 0 Å². The number of nitrogens with one attached hydrogen (secondary N) is 1. The van der Waals surface area contributed by atoms with Gasteiger partial charge < -0.3 is 14.8 Å². The van der Waals surface area contributed by atoms with E-state index in [1.807, 2.05) is 0 Å². The molecule has 2 aromatic rings. The summed E-state index contributed by atoms with van der Waals surface area (Å²) in [7, 11) is 0. The van der Waals surface area contributed by atoms with E-state index >= 15 is 0 Å². The van der Waals surface area contributed by atoms with Gasteiger partial charge >= 0.3 is 18.3 Å². The van der Waals surface area contributed by atoms with Crippen LogP contribution in [0.2, 0.25) is 0 Å². The minimum absolute atomic E-state index is 0.0445. The van der Waals surface area contributed by atoms with Crippen molar-refractivity contribution in [3.8, 4) is 5.75 Å². The molecule has 0 aliphatic rings. The smallest absolute Gasteiger partial charge is 0.417 e. The summed E-state index contributed by atoms with van der Waals surface area (Å²) in [6.07, 6.45) is -8.96. The van der Waals surface area contributed by atoms with E-state index in [0.717, 1.165) is 24.3 Å². The highest BCUT2D eigenvalue weighted by Crippen LogP contribution is 2.35. The van der Waals surface area contributed by atoms with Crippen molar-refractivity contribution >= 4 is 17.6 Å². The van der Waals surface area contributed by atoms with Crippen LogP contribution in [0.4, 0.5) is 32.0 Å². The third-order valence-electron chi connectivity index (χ3n) is 3.83. The number of benzene rings is 2. The SMILES string of the molecule is CCCOc1ccc(C(F)(F)F)cc1NC(=O)COC(=O)c1ccccc1C(F)(F)F. The Morgan fingerprint density at radius 1 is 0.968 bits per heavy atom. The Hall–Kier alpha value is -3.24. The average Bonchev–Trinajstić information content (AvgIpc) is 2.69. The highest BCUT2D eigenvalue weighted by atomic mass is 19.4. The molecule has 0 fully saturated rings. The lowest BCUT2D eigenvalue weighted by Crippen LogP contribution is -2.23. The minimum atomic E-state index is -4.82. The molecule has 0 heterocycles. The lowest BCUT2D eigenvalue weighted by atomic mass is 10.1. The van der Waals surface area contributed by atoms with Crippen molar-refractivity contribution in [3.63, 3.8) is 0 Å². The summed E-state index contributed by atoms with van der Waals surface area (Å²) in [6.45, 7) is 0.909. The van der Waals surface area contributed by atoms with Crippen LogP contribution in [0.5, 0.6) is 5.75 Å². The Labute approximate surface area is 173 Å². The maximum Gasteiger partial charge on any atom is 0.417 e. The van der Waals surface area contributed by atoms with Gasteiger partial charge in [0, 0.05) is 0 Å². The maximum absolute atomic E-state index is 13.0.